The summed E-state index contributed by atoms with van der Waals surface area (Å²) in [7, 11) is 1.37. The number of hydrogen-bond donors (Lipinski definition) is 0. The summed E-state index contributed by atoms with van der Waals surface area (Å²) >= 11 is 12.0. The summed E-state index contributed by atoms with van der Waals surface area (Å²) in [6, 6.07) is 5.38. The summed E-state index contributed by atoms with van der Waals surface area (Å²) in [6.45, 7) is 1.13. The van der Waals surface area contributed by atoms with Crippen molar-refractivity contribution in [3.8, 4) is 0 Å². The van der Waals surface area contributed by atoms with Gasteiger partial charge in [-0.25, -0.2) is 0 Å². The number of amides is 1. The monoisotopic (exact) mass is 367 g/mol. The third kappa shape index (κ3) is 3.31. The van der Waals surface area contributed by atoms with Crippen LogP contribution in [0.5, 0.6) is 0 Å². The Morgan fingerprint density at radius 3 is 2.83 bits per heavy atom. The van der Waals surface area contributed by atoms with Gasteiger partial charge in [0.05, 0.1) is 29.0 Å². The number of ether oxygens (including phenoxy) is 1. The van der Waals surface area contributed by atoms with Gasteiger partial charge in [-0.2, -0.15) is 0 Å². The fourth-order valence-corrected chi connectivity index (χ4v) is 3.95. The maximum Gasteiger partial charge on any atom is 0.309 e. The van der Waals surface area contributed by atoms with Gasteiger partial charge < -0.3 is 9.64 Å². The molecule has 3 atom stereocenters. The number of fused-ring (bicyclic) bond motifs is 1. The van der Waals surface area contributed by atoms with Crippen LogP contribution in [0.2, 0.25) is 10.0 Å². The molecule has 1 heterocycles. The molecule has 1 aliphatic heterocycles. The number of nitrogens with zero attached hydrogens (tertiary/aromatic N) is 1. The number of esters is 1. The number of carbonyl (C=O) groups excluding carboxylic acids is 2. The van der Waals surface area contributed by atoms with E-state index in [4.69, 9.17) is 27.9 Å². The molecule has 4 nitrogen and oxygen atoms in total. The van der Waals surface area contributed by atoms with Crippen molar-refractivity contribution in [1.82, 2.24) is 4.90 Å². The van der Waals surface area contributed by atoms with Crippen molar-refractivity contribution >= 4 is 35.1 Å². The van der Waals surface area contributed by atoms with Crippen LogP contribution < -0.4 is 0 Å². The fourth-order valence-electron chi connectivity index (χ4n) is 3.63. The molecule has 6 heteroatoms. The molecular formula is C18H19Cl2NO3. The normalized spacial score (nSPS) is 26.2. The van der Waals surface area contributed by atoms with Crippen LogP contribution in [0.3, 0.4) is 0 Å². The quantitative estimate of drug-likeness (QED) is 0.604. The molecule has 0 bridgehead atoms. The molecule has 24 heavy (non-hydrogen) atoms. The van der Waals surface area contributed by atoms with Crippen molar-refractivity contribution < 1.29 is 14.3 Å². The Morgan fingerprint density at radius 2 is 2.12 bits per heavy atom. The summed E-state index contributed by atoms with van der Waals surface area (Å²) in [6.07, 6.45) is 5.46. The van der Waals surface area contributed by atoms with Gasteiger partial charge in [-0.05, 0) is 36.5 Å². The molecular weight excluding hydrogens is 349 g/mol. The fraction of sp³-hybridized carbons (Fsp3) is 0.444. The van der Waals surface area contributed by atoms with E-state index in [2.05, 4.69) is 6.08 Å². The van der Waals surface area contributed by atoms with Gasteiger partial charge in [-0.15, -0.1) is 0 Å². The molecule has 1 saturated heterocycles. The van der Waals surface area contributed by atoms with E-state index < -0.39 is 5.92 Å². The predicted octanol–water partition coefficient (Wildman–Crippen LogP) is 3.71. The van der Waals surface area contributed by atoms with Crippen molar-refractivity contribution in [2.24, 2.45) is 17.8 Å². The van der Waals surface area contributed by atoms with Crippen LogP contribution >= 0.6 is 23.2 Å². The van der Waals surface area contributed by atoms with E-state index in [0.717, 1.165) is 12.0 Å². The van der Waals surface area contributed by atoms with Gasteiger partial charge in [0.2, 0.25) is 5.91 Å². The predicted molar refractivity (Wildman–Crippen MR) is 92.7 cm³/mol. The average Bonchev–Trinajstić information content (AvgIpc) is 2.59. The maximum absolute atomic E-state index is 13.0. The first-order valence-corrected chi connectivity index (χ1v) is 8.74. The molecule has 0 radical (unpaired) electrons. The highest BCUT2D eigenvalue weighted by atomic mass is 35.5. The zero-order valence-corrected chi connectivity index (χ0v) is 14.9. The second-order valence-electron chi connectivity index (χ2n) is 6.28. The molecule has 1 aliphatic carbocycles. The first-order chi connectivity index (χ1) is 11.5. The van der Waals surface area contributed by atoms with Crippen LogP contribution in [-0.2, 0) is 20.9 Å². The van der Waals surface area contributed by atoms with Crippen molar-refractivity contribution in [2.45, 2.75) is 19.4 Å². The van der Waals surface area contributed by atoms with Gasteiger partial charge in [0, 0.05) is 13.1 Å². The van der Waals surface area contributed by atoms with Crippen molar-refractivity contribution in [1.29, 1.82) is 0 Å². The smallest absolute Gasteiger partial charge is 0.309 e. The second-order valence-corrected chi connectivity index (χ2v) is 7.09. The number of hydrogen-bond acceptors (Lipinski definition) is 3. The number of benzene rings is 1. The largest absolute Gasteiger partial charge is 0.469 e. The lowest BCUT2D eigenvalue weighted by molar-refractivity contribution is -0.157. The molecule has 128 valence electrons. The summed E-state index contributed by atoms with van der Waals surface area (Å²) < 4.78 is 4.89. The van der Waals surface area contributed by atoms with Crippen LogP contribution in [0.25, 0.3) is 0 Å². The van der Waals surface area contributed by atoms with Crippen LogP contribution in [0.15, 0.2) is 30.4 Å². The molecule has 0 spiro atoms. The van der Waals surface area contributed by atoms with E-state index in [9.17, 15) is 9.59 Å². The third-order valence-electron chi connectivity index (χ3n) is 4.86. The zero-order valence-electron chi connectivity index (χ0n) is 13.4. The summed E-state index contributed by atoms with van der Waals surface area (Å²) in [4.78, 5) is 26.8. The first-order valence-electron chi connectivity index (χ1n) is 7.98. The Bertz CT molecular complexity index is 689. The SMILES string of the molecule is COC(=O)[C@H]1CC=C[C@@H]2CCN(Cc3ccc(Cl)c(Cl)c3)C(=O)[C@@H]21. The highest BCUT2D eigenvalue weighted by molar-refractivity contribution is 6.42. The third-order valence-corrected chi connectivity index (χ3v) is 5.60. The number of rotatable bonds is 3. The van der Waals surface area contributed by atoms with Gasteiger partial charge in [-0.3, -0.25) is 9.59 Å². The maximum atomic E-state index is 13.0. The highest BCUT2D eigenvalue weighted by Gasteiger charge is 2.44. The molecule has 0 unspecified atom stereocenters. The Labute approximate surface area is 151 Å². The molecule has 1 aromatic rings. The Morgan fingerprint density at radius 1 is 1.33 bits per heavy atom. The van der Waals surface area contributed by atoms with Gasteiger partial charge >= 0.3 is 5.97 Å². The zero-order chi connectivity index (χ0) is 17.3. The number of carbonyl (C=O) groups is 2. The number of methoxy groups -OCH3 is 1. The van der Waals surface area contributed by atoms with E-state index in [1.54, 1.807) is 17.0 Å². The lowest BCUT2D eigenvalue weighted by Gasteiger charge is -2.41. The first kappa shape index (κ1) is 17.3. The van der Waals surface area contributed by atoms with Gasteiger partial charge in [0.15, 0.2) is 0 Å². The highest BCUT2D eigenvalue weighted by Crippen LogP contribution is 2.38. The van der Waals surface area contributed by atoms with E-state index >= 15 is 0 Å². The minimum atomic E-state index is -0.394. The van der Waals surface area contributed by atoms with Crippen molar-refractivity contribution in [3.05, 3.63) is 46.0 Å². The Hall–Kier alpha value is -1.52. The Balaban J connectivity index is 1.79. The van der Waals surface area contributed by atoms with E-state index in [0.29, 0.717) is 29.6 Å². The number of piperidine rings is 1. The topological polar surface area (TPSA) is 46.6 Å². The van der Waals surface area contributed by atoms with Crippen LogP contribution in [0, 0.1) is 17.8 Å². The molecule has 1 aromatic carbocycles. The molecule has 1 fully saturated rings. The van der Waals surface area contributed by atoms with E-state index in [1.807, 2.05) is 12.1 Å². The Kier molecular flexibility index (Phi) is 5.16. The second kappa shape index (κ2) is 7.16. The van der Waals surface area contributed by atoms with Gasteiger partial charge in [-0.1, -0.05) is 41.4 Å². The van der Waals surface area contributed by atoms with Gasteiger partial charge in [0.25, 0.3) is 0 Å². The van der Waals surface area contributed by atoms with Crippen LogP contribution in [-0.4, -0.2) is 30.4 Å². The van der Waals surface area contributed by atoms with Crippen molar-refractivity contribution in [3.63, 3.8) is 0 Å². The minimum Gasteiger partial charge on any atom is -0.469 e. The number of likely N-dealkylation sites (tertiary alicyclic amines) is 1. The molecule has 0 N–H and O–H groups in total. The molecule has 3 rings (SSSR count). The van der Waals surface area contributed by atoms with E-state index in [-0.39, 0.29) is 23.7 Å². The van der Waals surface area contributed by atoms with E-state index in [1.165, 1.54) is 7.11 Å². The number of halogens is 2. The molecule has 2 aliphatic rings. The molecule has 0 saturated carbocycles. The molecule has 0 aromatic heterocycles. The minimum absolute atomic E-state index is 0.0112. The summed E-state index contributed by atoms with van der Waals surface area (Å²) in [5.41, 5.74) is 0.928. The molecule has 1 amide bonds. The van der Waals surface area contributed by atoms with Crippen molar-refractivity contribution in [2.75, 3.05) is 13.7 Å². The lowest BCUT2D eigenvalue weighted by atomic mass is 9.71. The summed E-state index contributed by atoms with van der Waals surface area (Å²) in [5.74, 6) is -0.912. The van der Waals surface area contributed by atoms with Gasteiger partial charge in [0.1, 0.15) is 0 Å². The summed E-state index contributed by atoms with van der Waals surface area (Å²) in [5, 5.41) is 0.971. The lowest BCUT2D eigenvalue weighted by Crippen LogP contribution is -2.50. The number of allylic oxidation sites excluding steroid dienone is 2. The van der Waals surface area contributed by atoms with Crippen LogP contribution in [0.4, 0.5) is 0 Å². The standard InChI is InChI=1S/C18H19Cl2NO3/c1-24-18(23)13-4-2-3-12-7-8-21(17(22)16(12)13)10-11-5-6-14(19)15(20)9-11/h2-3,5-6,9,12-13,16H,4,7-8,10H2,1H3/t12-,13+,16+/m1/s1. The van der Waals surface area contributed by atoms with Crippen LogP contribution in [0.1, 0.15) is 18.4 Å². The average molecular weight is 368 g/mol.